The van der Waals surface area contributed by atoms with E-state index in [-0.39, 0.29) is 11.6 Å². The van der Waals surface area contributed by atoms with Crippen molar-refractivity contribution in [2.75, 3.05) is 5.32 Å². The maximum absolute atomic E-state index is 13.6. The highest BCUT2D eigenvalue weighted by Crippen LogP contribution is 2.42. The van der Waals surface area contributed by atoms with Crippen LogP contribution in [0.25, 0.3) is 16.4 Å². The third-order valence-corrected chi connectivity index (χ3v) is 6.28. The molecule has 3 aromatic heterocycles. The fourth-order valence-electron chi connectivity index (χ4n) is 4.58. The van der Waals surface area contributed by atoms with Crippen LogP contribution in [0.15, 0.2) is 48.9 Å². The minimum absolute atomic E-state index is 0.0654. The van der Waals surface area contributed by atoms with Crippen LogP contribution in [0.2, 0.25) is 5.02 Å². The van der Waals surface area contributed by atoms with Crippen LogP contribution in [0.3, 0.4) is 0 Å². The topological polar surface area (TPSA) is 81.1 Å². The standard InChI is InChI=1S/C22H20ClF3N6/c23-13-5-6-17-15(9-13)16(10-19(31-17)22(24,25)26)21(27)7-1-3-14(11-21)30-20-18-4-2-8-29-32(18)12-28-20/h2,4-6,8-10,12,14,30H,1,3,7,11,27H2. The number of fused-ring (bicyclic) bond motifs is 2. The van der Waals surface area contributed by atoms with Gasteiger partial charge in [-0.3, -0.25) is 0 Å². The van der Waals surface area contributed by atoms with E-state index in [9.17, 15) is 13.2 Å². The number of benzene rings is 1. The number of alkyl halides is 3. The van der Waals surface area contributed by atoms with Crippen molar-refractivity contribution >= 4 is 33.8 Å². The minimum Gasteiger partial charge on any atom is -0.365 e. The average Bonchev–Trinajstić information content (AvgIpc) is 3.15. The first-order chi connectivity index (χ1) is 15.2. The second kappa shape index (κ2) is 7.60. The molecule has 1 saturated carbocycles. The number of halogens is 4. The van der Waals surface area contributed by atoms with Gasteiger partial charge >= 0.3 is 6.18 Å². The molecule has 0 aliphatic heterocycles. The molecule has 1 fully saturated rings. The SMILES string of the molecule is NC1(c2cc(C(F)(F)F)nc3ccc(Cl)cc23)CCCC(Nc2ncn3ncccc23)C1. The Labute approximate surface area is 186 Å². The van der Waals surface area contributed by atoms with Gasteiger partial charge in [0.25, 0.3) is 0 Å². The molecule has 0 radical (unpaired) electrons. The third kappa shape index (κ3) is 3.75. The van der Waals surface area contributed by atoms with E-state index in [1.54, 1.807) is 23.1 Å². The molecule has 1 aromatic carbocycles. The molecular weight excluding hydrogens is 441 g/mol. The molecule has 3 heterocycles. The maximum atomic E-state index is 13.6. The first kappa shape index (κ1) is 21.0. The van der Waals surface area contributed by atoms with Crippen LogP contribution in [-0.4, -0.2) is 25.6 Å². The second-order valence-corrected chi connectivity index (χ2v) is 8.69. The molecule has 0 spiro atoms. The monoisotopic (exact) mass is 460 g/mol. The fourth-order valence-corrected chi connectivity index (χ4v) is 4.75. The largest absolute Gasteiger partial charge is 0.433 e. The first-order valence-corrected chi connectivity index (χ1v) is 10.6. The Bertz CT molecular complexity index is 1300. The molecule has 10 heteroatoms. The van der Waals surface area contributed by atoms with Gasteiger partial charge in [-0.05, 0) is 67.6 Å². The molecular formula is C22H20ClF3N6. The van der Waals surface area contributed by atoms with E-state index in [1.807, 2.05) is 12.1 Å². The van der Waals surface area contributed by atoms with E-state index in [0.29, 0.717) is 34.6 Å². The number of aromatic nitrogens is 4. The fraction of sp³-hybridized carbons (Fsp3) is 0.318. The van der Waals surface area contributed by atoms with Gasteiger partial charge in [-0.1, -0.05) is 11.6 Å². The smallest absolute Gasteiger partial charge is 0.365 e. The highest BCUT2D eigenvalue weighted by Gasteiger charge is 2.39. The predicted molar refractivity (Wildman–Crippen MR) is 116 cm³/mol. The van der Waals surface area contributed by atoms with E-state index in [0.717, 1.165) is 24.4 Å². The minimum atomic E-state index is -4.58. The van der Waals surface area contributed by atoms with E-state index in [4.69, 9.17) is 17.3 Å². The van der Waals surface area contributed by atoms with Crippen LogP contribution in [-0.2, 0) is 11.7 Å². The number of nitrogens with one attached hydrogen (secondary N) is 1. The van der Waals surface area contributed by atoms with Crippen LogP contribution < -0.4 is 11.1 Å². The Morgan fingerprint density at radius 2 is 2.06 bits per heavy atom. The molecule has 4 aromatic rings. The van der Waals surface area contributed by atoms with E-state index >= 15 is 0 Å². The van der Waals surface area contributed by atoms with Gasteiger partial charge < -0.3 is 11.1 Å². The summed E-state index contributed by atoms with van der Waals surface area (Å²) < 4.78 is 42.4. The van der Waals surface area contributed by atoms with Crippen LogP contribution in [0.4, 0.5) is 19.0 Å². The Morgan fingerprint density at radius 3 is 2.88 bits per heavy atom. The van der Waals surface area contributed by atoms with Crippen LogP contribution >= 0.6 is 11.6 Å². The number of imidazole rings is 1. The van der Waals surface area contributed by atoms with Crippen molar-refractivity contribution in [3.05, 3.63) is 65.2 Å². The highest BCUT2D eigenvalue weighted by molar-refractivity contribution is 6.31. The predicted octanol–water partition coefficient (Wildman–Crippen LogP) is 5.16. The van der Waals surface area contributed by atoms with E-state index in [2.05, 4.69) is 20.4 Å². The molecule has 2 unspecified atom stereocenters. The summed E-state index contributed by atoms with van der Waals surface area (Å²) in [5.74, 6) is 0.672. The van der Waals surface area contributed by atoms with Gasteiger partial charge in [0.2, 0.25) is 0 Å². The van der Waals surface area contributed by atoms with Gasteiger partial charge in [0, 0.05) is 28.2 Å². The van der Waals surface area contributed by atoms with Crippen LogP contribution in [0, 0.1) is 0 Å². The van der Waals surface area contributed by atoms with E-state index < -0.39 is 17.4 Å². The molecule has 0 bridgehead atoms. The number of nitrogens with zero attached hydrogens (tertiary/aromatic N) is 4. The van der Waals surface area contributed by atoms with Crippen molar-refractivity contribution in [3.8, 4) is 0 Å². The Hall–Kier alpha value is -2.91. The zero-order valence-electron chi connectivity index (χ0n) is 16.9. The molecule has 0 amide bonds. The second-order valence-electron chi connectivity index (χ2n) is 8.25. The van der Waals surface area contributed by atoms with Gasteiger partial charge in [0.05, 0.1) is 5.52 Å². The molecule has 0 saturated heterocycles. The molecule has 1 aliphatic rings. The zero-order chi connectivity index (χ0) is 22.5. The average molecular weight is 461 g/mol. The summed E-state index contributed by atoms with van der Waals surface area (Å²) in [7, 11) is 0. The molecule has 2 atom stereocenters. The van der Waals surface area contributed by atoms with Gasteiger partial charge in [-0.2, -0.15) is 18.3 Å². The lowest BCUT2D eigenvalue weighted by Gasteiger charge is -2.39. The van der Waals surface area contributed by atoms with Gasteiger partial charge in [0.15, 0.2) is 5.82 Å². The van der Waals surface area contributed by atoms with Gasteiger partial charge in [-0.25, -0.2) is 14.5 Å². The van der Waals surface area contributed by atoms with Crippen molar-refractivity contribution < 1.29 is 13.2 Å². The van der Waals surface area contributed by atoms with Crippen molar-refractivity contribution in [2.24, 2.45) is 5.73 Å². The Morgan fingerprint density at radius 1 is 1.22 bits per heavy atom. The van der Waals surface area contributed by atoms with Crippen molar-refractivity contribution in [3.63, 3.8) is 0 Å². The lowest BCUT2D eigenvalue weighted by molar-refractivity contribution is -0.141. The molecule has 5 rings (SSSR count). The zero-order valence-corrected chi connectivity index (χ0v) is 17.7. The van der Waals surface area contributed by atoms with E-state index in [1.165, 1.54) is 12.1 Å². The number of anilines is 1. The number of hydrogen-bond donors (Lipinski definition) is 2. The van der Waals surface area contributed by atoms with Gasteiger partial charge in [0.1, 0.15) is 17.5 Å². The summed E-state index contributed by atoms with van der Waals surface area (Å²) >= 11 is 6.16. The quantitative estimate of drug-likeness (QED) is 0.441. The normalized spacial score (nSPS) is 21.8. The molecule has 1 aliphatic carbocycles. The summed E-state index contributed by atoms with van der Waals surface area (Å²) in [5.41, 5.74) is 6.36. The Balaban J connectivity index is 1.54. The number of hydrogen-bond acceptors (Lipinski definition) is 5. The lowest BCUT2D eigenvalue weighted by atomic mass is 9.74. The molecule has 166 valence electrons. The molecule has 6 nitrogen and oxygen atoms in total. The lowest BCUT2D eigenvalue weighted by Crippen LogP contribution is -2.45. The van der Waals surface area contributed by atoms with Gasteiger partial charge in [-0.15, -0.1) is 0 Å². The molecule has 3 N–H and O–H groups in total. The summed E-state index contributed by atoms with van der Waals surface area (Å²) in [5, 5.41) is 8.60. The summed E-state index contributed by atoms with van der Waals surface area (Å²) in [6.07, 6.45) is 1.28. The van der Waals surface area contributed by atoms with Crippen LogP contribution in [0.5, 0.6) is 0 Å². The summed E-state index contributed by atoms with van der Waals surface area (Å²) in [4.78, 5) is 8.20. The summed E-state index contributed by atoms with van der Waals surface area (Å²) in [6, 6.07) is 9.41. The summed E-state index contributed by atoms with van der Waals surface area (Å²) in [6.45, 7) is 0. The molecule has 32 heavy (non-hydrogen) atoms. The highest BCUT2D eigenvalue weighted by atomic mass is 35.5. The van der Waals surface area contributed by atoms with Crippen LogP contribution in [0.1, 0.15) is 36.9 Å². The van der Waals surface area contributed by atoms with Crippen molar-refractivity contribution in [1.29, 1.82) is 0 Å². The number of nitrogens with two attached hydrogens (primary N) is 1. The number of pyridine rings is 1. The number of rotatable bonds is 3. The Kier molecular flexibility index (Phi) is 4.98. The first-order valence-electron chi connectivity index (χ1n) is 10.2. The van der Waals surface area contributed by atoms with Crippen molar-refractivity contribution in [1.82, 2.24) is 19.6 Å². The third-order valence-electron chi connectivity index (χ3n) is 6.04. The maximum Gasteiger partial charge on any atom is 0.433 e. The van der Waals surface area contributed by atoms with Crippen molar-refractivity contribution in [2.45, 2.75) is 43.4 Å².